The zero-order valence-corrected chi connectivity index (χ0v) is 16.2. The molecule has 2 rings (SSSR count). The van der Waals surface area contributed by atoms with Gasteiger partial charge in [0.1, 0.15) is 11.5 Å². The van der Waals surface area contributed by atoms with Crippen LogP contribution in [0.4, 0.5) is 0 Å². The standard InChI is InChI=1S/C21H26O2S/c1-20(2,3)14-8-7-9-16(12-14)23-18-13-15(21(4,5)6)10-11-17(18)19(22)24/h7-13H,1-6H3,(H,22,24). The molecule has 3 heteroatoms. The molecule has 0 saturated heterocycles. The molecule has 0 N–H and O–H groups in total. The molecule has 2 nitrogen and oxygen atoms in total. The largest absolute Gasteiger partial charge is 0.457 e. The van der Waals surface area contributed by atoms with Crippen molar-refractivity contribution in [2.45, 2.75) is 52.4 Å². The topological polar surface area (TPSA) is 26.3 Å². The quantitative estimate of drug-likeness (QED) is 0.678. The molecule has 0 spiro atoms. The lowest BCUT2D eigenvalue weighted by molar-refractivity contribution is 0.108. The molecule has 128 valence electrons. The molecule has 0 aromatic heterocycles. The molecule has 24 heavy (non-hydrogen) atoms. The number of hydrogen-bond acceptors (Lipinski definition) is 2. The molecule has 0 fully saturated rings. The Labute approximate surface area is 150 Å². The van der Waals surface area contributed by atoms with Gasteiger partial charge < -0.3 is 4.74 Å². The monoisotopic (exact) mass is 342 g/mol. The van der Waals surface area contributed by atoms with Crippen molar-refractivity contribution in [1.29, 1.82) is 0 Å². The molecule has 2 aromatic rings. The highest BCUT2D eigenvalue weighted by molar-refractivity contribution is 7.97. The van der Waals surface area contributed by atoms with Crippen LogP contribution in [-0.2, 0) is 10.8 Å². The maximum absolute atomic E-state index is 11.8. The summed E-state index contributed by atoms with van der Waals surface area (Å²) in [5.41, 5.74) is 2.79. The van der Waals surface area contributed by atoms with Crippen LogP contribution in [0.3, 0.4) is 0 Å². The Morgan fingerprint density at radius 3 is 2.00 bits per heavy atom. The summed E-state index contributed by atoms with van der Waals surface area (Å²) in [7, 11) is 0. The van der Waals surface area contributed by atoms with E-state index in [0.29, 0.717) is 11.3 Å². The predicted molar refractivity (Wildman–Crippen MR) is 104 cm³/mol. The van der Waals surface area contributed by atoms with E-state index < -0.39 is 0 Å². The Morgan fingerprint density at radius 2 is 1.46 bits per heavy atom. The number of rotatable bonds is 3. The van der Waals surface area contributed by atoms with E-state index >= 15 is 0 Å². The summed E-state index contributed by atoms with van der Waals surface area (Å²) < 4.78 is 6.07. The van der Waals surface area contributed by atoms with Gasteiger partial charge in [0.2, 0.25) is 5.12 Å². The molecule has 0 radical (unpaired) electrons. The summed E-state index contributed by atoms with van der Waals surface area (Å²) >= 11 is 3.98. The van der Waals surface area contributed by atoms with Crippen LogP contribution in [0.15, 0.2) is 42.5 Å². The van der Waals surface area contributed by atoms with Gasteiger partial charge in [0.05, 0.1) is 5.56 Å². The lowest BCUT2D eigenvalue weighted by Crippen LogP contribution is -2.12. The van der Waals surface area contributed by atoms with Gasteiger partial charge in [0.25, 0.3) is 0 Å². The van der Waals surface area contributed by atoms with Crippen LogP contribution in [0.5, 0.6) is 11.5 Å². The minimum atomic E-state index is -0.294. The number of benzene rings is 2. The smallest absolute Gasteiger partial charge is 0.220 e. The number of thiol groups is 1. The van der Waals surface area contributed by atoms with Crippen LogP contribution < -0.4 is 4.74 Å². The highest BCUT2D eigenvalue weighted by atomic mass is 32.1. The molecule has 0 aliphatic heterocycles. The number of carbonyl (C=O) groups is 1. The summed E-state index contributed by atoms with van der Waals surface area (Å²) in [4.78, 5) is 11.8. The van der Waals surface area contributed by atoms with E-state index in [4.69, 9.17) is 4.74 Å². The molecule has 0 aliphatic carbocycles. The van der Waals surface area contributed by atoms with Crippen LogP contribution in [0.2, 0.25) is 0 Å². The van der Waals surface area contributed by atoms with Crippen molar-refractivity contribution in [3.8, 4) is 11.5 Å². The Hall–Kier alpha value is -1.74. The van der Waals surface area contributed by atoms with E-state index in [-0.39, 0.29) is 15.9 Å². The van der Waals surface area contributed by atoms with Crippen molar-refractivity contribution >= 4 is 17.7 Å². The van der Waals surface area contributed by atoms with Crippen molar-refractivity contribution in [1.82, 2.24) is 0 Å². The Kier molecular flexibility index (Phi) is 5.14. The van der Waals surface area contributed by atoms with Gasteiger partial charge in [-0.25, -0.2) is 0 Å². The minimum absolute atomic E-state index is 0.0243. The molecule has 0 amide bonds. The molecular weight excluding hydrogens is 316 g/mol. The fourth-order valence-corrected chi connectivity index (χ4v) is 2.59. The van der Waals surface area contributed by atoms with Gasteiger partial charge in [-0.2, -0.15) is 0 Å². The van der Waals surface area contributed by atoms with E-state index in [1.807, 2.05) is 30.3 Å². The fourth-order valence-electron chi connectivity index (χ4n) is 2.40. The van der Waals surface area contributed by atoms with Gasteiger partial charge in [0.15, 0.2) is 0 Å². The molecule has 0 atom stereocenters. The van der Waals surface area contributed by atoms with Gasteiger partial charge in [-0.3, -0.25) is 4.79 Å². The van der Waals surface area contributed by atoms with E-state index in [1.165, 1.54) is 5.56 Å². The third kappa shape index (κ3) is 4.41. The first-order chi connectivity index (χ1) is 11.0. The predicted octanol–water partition coefficient (Wildman–Crippen LogP) is 6.14. The van der Waals surface area contributed by atoms with Crippen LogP contribution >= 0.6 is 12.6 Å². The van der Waals surface area contributed by atoms with Crippen molar-refractivity contribution in [2.75, 3.05) is 0 Å². The second kappa shape index (κ2) is 6.64. The highest BCUT2D eigenvalue weighted by Gasteiger charge is 2.19. The van der Waals surface area contributed by atoms with E-state index in [0.717, 1.165) is 11.3 Å². The van der Waals surface area contributed by atoms with Crippen molar-refractivity contribution in [2.24, 2.45) is 0 Å². The second-order valence-electron chi connectivity index (χ2n) is 8.15. The molecule has 0 bridgehead atoms. The second-order valence-corrected chi connectivity index (χ2v) is 8.55. The van der Waals surface area contributed by atoms with E-state index in [9.17, 15) is 4.79 Å². The summed E-state index contributed by atoms with van der Waals surface area (Å²) in [5, 5.41) is -0.294. The van der Waals surface area contributed by atoms with E-state index in [1.54, 1.807) is 6.07 Å². The Morgan fingerprint density at radius 1 is 0.875 bits per heavy atom. The van der Waals surface area contributed by atoms with Crippen LogP contribution in [0, 0.1) is 0 Å². The lowest BCUT2D eigenvalue weighted by Gasteiger charge is -2.22. The van der Waals surface area contributed by atoms with Crippen LogP contribution in [0.1, 0.15) is 63.0 Å². The lowest BCUT2D eigenvalue weighted by atomic mass is 9.86. The van der Waals surface area contributed by atoms with Gasteiger partial charge in [-0.1, -0.05) is 59.7 Å². The molecule has 0 aliphatic rings. The van der Waals surface area contributed by atoms with Gasteiger partial charge in [0, 0.05) is 0 Å². The number of hydrogen-bond donors (Lipinski definition) is 1. The number of carbonyl (C=O) groups excluding carboxylic acids is 1. The summed E-state index contributed by atoms with van der Waals surface area (Å²) in [5.74, 6) is 1.28. The maximum Gasteiger partial charge on any atom is 0.220 e. The van der Waals surface area contributed by atoms with Crippen molar-refractivity contribution < 1.29 is 9.53 Å². The summed E-state index contributed by atoms with van der Waals surface area (Å²) in [6, 6.07) is 13.7. The van der Waals surface area contributed by atoms with Crippen LogP contribution in [-0.4, -0.2) is 5.12 Å². The maximum atomic E-state index is 11.8. The third-order valence-corrected chi connectivity index (χ3v) is 4.25. The zero-order chi connectivity index (χ0) is 18.1. The normalized spacial score (nSPS) is 12.1. The fraction of sp³-hybridized carbons (Fsp3) is 0.381. The zero-order valence-electron chi connectivity index (χ0n) is 15.3. The Balaban J connectivity index is 2.46. The van der Waals surface area contributed by atoms with E-state index in [2.05, 4.69) is 60.2 Å². The molecular formula is C21H26O2S. The van der Waals surface area contributed by atoms with Crippen LogP contribution in [0.25, 0.3) is 0 Å². The molecule has 0 heterocycles. The SMILES string of the molecule is CC(C)(C)c1cccc(Oc2cc(C(C)(C)C)ccc2C(=O)S)c1. The molecule has 2 aromatic carbocycles. The third-order valence-electron chi connectivity index (χ3n) is 4.01. The highest BCUT2D eigenvalue weighted by Crippen LogP contribution is 2.34. The van der Waals surface area contributed by atoms with Gasteiger partial charge in [-0.15, -0.1) is 12.6 Å². The number of ether oxygens (including phenoxy) is 1. The van der Waals surface area contributed by atoms with Gasteiger partial charge >= 0.3 is 0 Å². The first-order valence-electron chi connectivity index (χ1n) is 8.15. The minimum Gasteiger partial charge on any atom is -0.457 e. The molecule has 0 unspecified atom stereocenters. The summed E-state index contributed by atoms with van der Waals surface area (Å²) in [6.07, 6.45) is 0. The van der Waals surface area contributed by atoms with Crippen molar-refractivity contribution in [3.05, 3.63) is 59.2 Å². The average molecular weight is 343 g/mol. The average Bonchev–Trinajstić information content (AvgIpc) is 2.45. The molecule has 0 saturated carbocycles. The van der Waals surface area contributed by atoms with Crippen molar-refractivity contribution in [3.63, 3.8) is 0 Å². The first-order valence-corrected chi connectivity index (χ1v) is 8.59. The Bertz CT molecular complexity index is 749. The van der Waals surface area contributed by atoms with Gasteiger partial charge in [-0.05, 0) is 46.2 Å². The first kappa shape index (κ1) is 18.6. The summed E-state index contributed by atoms with van der Waals surface area (Å²) in [6.45, 7) is 12.9.